The second-order valence-electron chi connectivity index (χ2n) is 7.70. The number of nitrogens with two attached hydrogens (primary N) is 1. The summed E-state index contributed by atoms with van der Waals surface area (Å²) in [5.74, 6) is 2.86. The van der Waals surface area contributed by atoms with Crippen LogP contribution < -0.4 is 15.8 Å². The molecule has 0 aliphatic carbocycles. The summed E-state index contributed by atoms with van der Waals surface area (Å²) in [7, 11) is 0. The number of ether oxygens (including phenoxy) is 1. The van der Waals surface area contributed by atoms with Gasteiger partial charge in [-0.15, -0.1) is 0 Å². The normalized spacial score (nSPS) is 15.7. The van der Waals surface area contributed by atoms with E-state index in [1.807, 2.05) is 48.9 Å². The van der Waals surface area contributed by atoms with Gasteiger partial charge in [0.25, 0.3) is 0 Å². The lowest BCUT2D eigenvalue weighted by Gasteiger charge is -2.23. The molecule has 0 saturated heterocycles. The van der Waals surface area contributed by atoms with E-state index in [9.17, 15) is 0 Å². The summed E-state index contributed by atoms with van der Waals surface area (Å²) >= 11 is 0. The summed E-state index contributed by atoms with van der Waals surface area (Å²) in [5.41, 5.74) is 8.04. The maximum Gasteiger partial charge on any atom is 0.213 e. The van der Waals surface area contributed by atoms with Crippen LogP contribution in [0.5, 0.6) is 5.88 Å². The maximum atomic E-state index is 5.93. The van der Waals surface area contributed by atoms with Crippen LogP contribution in [-0.4, -0.2) is 26.1 Å². The van der Waals surface area contributed by atoms with Crippen molar-refractivity contribution in [1.82, 2.24) is 19.5 Å². The molecule has 1 aliphatic rings. The van der Waals surface area contributed by atoms with E-state index in [1.165, 1.54) is 0 Å². The second-order valence-corrected chi connectivity index (χ2v) is 7.70. The minimum absolute atomic E-state index is 0.486. The Kier molecular flexibility index (Phi) is 4.93. The van der Waals surface area contributed by atoms with Crippen LogP contribution >= 0.6 is 0 Å². The Morgan fingerprint density at radius 2 is 2.07 bits per heavy atom. The molecular weight excluding hydrogens is 376 g/mol. The van der Waals surface area contributed by atoms with Crippen LogP contribution in [0.2, 0.25) is 0 Å². The first-order valence-electron chi connectivity index (χ1n) is 10.2. The van der Waals surface area contributed by atoms with Crippen molar-refractivity contribution in [3.8, 4) is 5.88 Å². The van der Waals surface area contributed by atoms with Gasteiger partial charge in [0, 0.05) is 67.4 Å². The van der Waals surface area contributed by atoms with Crippen molar-refractivity contribution < 1.29 is 4.74 Å². The van der Waals surface area contributed by atoms with Crippen LogP contribution in [0.4, 0.5) is 11.5 Å². The number of nitrogen functional groups attached to an aromatic ring is 1. The minimum atomic E-state index is 0.486. The molecule has 0 amide bonds. The molecule has 0 spiro atoms. The number of nitrogens with zero attached hydrogens (tertiary/aromatic N) is 4. The van der Waals surface area contributed by atoms with Gasteiger partial charge in [0.1, 0.15) is 11.6 Å². The van der Waals surface area contributed by atoms with Gasteiger partial charge in [-0.25, -0.2) is 15.0 Å². The van der Waals surface area contributed by atoms with Crippen LogP contribution in [0.3, 0.4) is 0 Å². The van der Waals surface area contributed by atoms with Crippen LogP contribution in [0.1, 0.15) is 17.8 Å². The number of anilines is 2. The fourth-order valence-corrected chi connectivity index (χ4v) is 3.88. The van der Waals surface area contributed by atoms with Gasteiger partial charge in [0.15, 0.2) is 0 Å². The van der Waals surface area contributed by atoms with Crippen LogP contribution in [-0.2, 0) is 19.5 Å². The van der Waals surface area contributed by atoms with E-state index in [-0.39, 0.29) is 0 Å². The summed E-state index contributed by atoms with van der Waals surface area (Å²) in [6, 6.07) is 12.0. The third-order valence-corrected chi connectivity index (χ3v) is 5.61. The van der Waals surface area contributed by atoms with Crippen LogP contribution in [0, 0.1) is 5.92 Å². The molecule has 30 heavy (non-hydrogen) atoms. The highest BCUT2D eigenvalue weighted by atomic mass is 16.5. The molecule has 4 aromatic rings. The summed E-state index contributed by atoms with van der Waals surface area (Å²) < 4.78 is 8.15. The number of pyridine rings is 2. The van der Waals surface area contributed by atoms with Gasteiger partial charge >= 0.3 is 0 Å². The van der Waals surface area contributed by atoms with Crippen LogP contribution in [0.15, 0.2) is 61.2 Å². The largest absolute Gasteiger partial charge is 0.477 e. The van der Waals surface area contributed by atoms with Gasteiger partial charge < -0.3 is 20.4 Å². The Balaban J connectivity index is 1.15. The Hall–Kier alpha value is -3.61. The number of hydrogen-bond acceptors (Lipinski definition) is 6. The highest BCUT2D eigenvalue weighted by molar-refractivity contribution is 5.92. The molecule has 0 unspecified atom stereocenters. The van der Waals surface area contributed by atoms with Gasteiger partial charge in [-0.2, -0.15) is 0 Å². The number of nitrogens with one attached hydrogen (secondary N) is 1. The monoisotopic (exact) mass is 400 g/mol. The van der Waals surface area contributed by atoms with E-state index in [0.29, 0.717) is 30.8 Å². The lowest BCUT2D eigenvalue weighted by Crippen LogP contribution is -2.24. The predicted octanol–water partition coefficient (Wildman–Crippen LogP) is 3.66. The molecule has 152 valence electrons. The third-order valence-electron chi connectivity index (χ3n) is 5.61. The average Bonchev–Trinajstić information content (AvgIpc) is 3.25. The first-order chi connectivity index (χ1) is 14.7. The molecule has 0 saturated carbocycles. The van der Waals surface area contributed by atoms with Crippen molar-refractivity contribution in [2.45, 2.75) is 25.9 Å². The first-order valence-corrected chi connectivity index (χ1v) is 10.2. The quantitative estimate of drug-likeness (QED) is 0.513. The maximum absolute atomic E-state index is 5.93. The predicted molar refractivity (Wildman–Crippen MR) is 117 cm³/mol. The molecule has 1 aromatic carbocycles. The smallest absolute Gasteiger partial charge is 0.213 e. The fourth-order valence-electron chi connectivity index (χ4n) is 3.88. The number of imidazole rings is 1. The Morgan fingerprint density at radius 1 is 1.10 bits per heavy atom. The topological polar surface area (TPSA) is 90.9 Å². The van der Waals surface area contributed by atoms with Crippen molar-refractivity contribution in [3.63, 3.8) is 0 Å². The average molecular weight is 400 g/mol. The summed E-state index contributed by atoms with van der Waals surface area (Å²) in [6.45, 7) is 2.37. The van der Waals surface area contributed by atoms with Crippen molar-refractivity contribution >= 4 is 22.3 Å². The van der Waals surface area contributed by atoms with Gasteiger partial charge in [0.05, 0.1) is 6.61 Å². The van der Waals surface area contributed by atoms with E-state index in [2.05, 4.69) is 30.9 Å². The van der Waals surface area contributed by atoms with E-state index >= 15 is 0 Å². The third kappa shape index (κ3) is 3.91. The molecular formula is C23H24N6O. The zero-order chi connectivity index (χ0) is 20.3. The van der Waals surface area contributed by atoms with Crippen molar-refractivity contribution in [1.29, 1.82) is 0 Å². The van der Waals surface area contributed by atoms with Gasteiger partial charge in [-0.05, 0) is 41.6 Å². The lowest BCUT2D eigenvalue weighted by molar-refractivity contribution is 0.212. The van der Waals surface area contributed by atoms with Crippen molar-refractivity contribution in [3.05, 3.63) is 72.6 Å². The number of aryl methyl sites for hydroxylation is 1. The second kappa shape index (κ2) is 8.02. The Bertz CT molecular complexity index is 1150. The minimum Gasteiger partial charge on any atom is -0.477 e. The number of fused-ring (bicyclic) bond motifs is 2. The van der Waals surface area contributed by atoms with Crippen molar-refractivity contribution in [2.75, 3.05) is 17.7 Å². The zero-order valence-electron chi connectivity index (χ0n) is 16.7. The molecule has 0 radical (unpaired) electrons. The molecule has 4 heterocycles. The molecule has 3 aromatic heterocycles. The summed E-state index contributed by atoms with van der Waals surface area (Å²) in [6.07, 6.45) is 9.58. The van der Waals surface area contributed by atoms with Gasteiger partial charge in [-0.3, -0.25) is 0 Å². The molecule has 1 aliphatic heterocycles. The Morgan fingerprint density at radius 3 is 2.97 bits per heavy atom. The van der Waals surface area contributed by atoms with E-state index in [0.717, 1.165) is 47.2 Å². The van der Waals surface area contributed by atoms with Gasteiger partial charge in [0.2, 0.25) is 5.88 Å². The van der Waals surface area contributed by atoms with E-state index in [1.54, 1.807) is 6.20 Å². The molecule has 7 nitrogen and oxygen atoms in total. The van der Waals surface area contributed by atoms with Crippen molar-refractivity contribution in [2.24, 2.45) is 5.92 Å². The molecule has 3 N–H and O–H groups in total. The molecule has 1 atom stereocenters. The highest BCUT2D eigenvalue weighted by Gasteiger charge is 2.19. The Labute approximate surface area is 174 Å². The van der Waals surface area contributed by atoms with Gasteiger partial charge in [-0.1, -0.05) is 6.07 Å². The zero-order valence-corrected chi connectivity index (χ0v) is 16.7. The SMILES string of the molecule is Nc1nccc2cc(NCc3ccc(OC[C@@H]4CCn5ccnc5C4)nc3)ccc12. The molecule has 7 heteroatoms. The number of aromatic nitrogens is 4. The highest BCUT2D eigenvalue weighted by Crippen LogP contribution is 2.23. The fraction of sp³-hybridized carbons (Fsp3) is 0.261. The summed E-state index contributed by atoms with van der Waals surface area (Å²) in [4.78, 5) is 13.0. The standard InChI is InChI=1S/C23H24N6O/c24-23-20-3-2-19(12-18(20)5-7-26-23)27-13-17-1-4-22(28-14-17)30-15-16-6-9-29-10-8-25-21(29)11-16/h1-5,7-8,10,12,14,16,27H,6,9,11,13,15H2,(H2,24,26)/t16-/m1/s1. The molecule has 0 fully saturated rings. The van der Waals surface area contributed by atoms with E-state index in [4.69, 9.17) is 10.5 Å². The van der Waals surface area contributed by atoms with E-state index < -0.39 is 0 Å². The molecule has 5 rings (SSSR count). The molecule has 0 bridgehead atoms. The number of hydrogen-bond donors (Lipinski definition) is 2. The summed E-state index contributed by atoms with van der Waals surface area (Å²) in [5, 5.41) is 5.47. The number of rotatable bonds is 6. The first kappa shape index (κ1) is 18.4. The van der Waals surface area contributed by atoms with Crippen LogP contribution in [0.25, 0.3) is 10.8 Å². The number of benzene rings is 1. The lowest BCUT2D eigenvalue weighted by atomic mass is 9.99.